The molecule has 9 nitrogen and oxygen atoms in total. The van der Waals surface area contributed by atoms with E-state index in [1.807, 2.05) is 37.3 Å². The van der Waals surface area contributed by atoms with E-state index in [-0.39, 0.29) is 36.6 Å². The highest BCUT2D eigenvalue weighted by atomic mass is 35.5. The van der Waals surface area contributed by atoms with E-state index in [9.17, 15) is 14.4 Å². The molecule has 43 heavy (non-hydrogen) atoms. The van der Waals surface area contributed by atoms with E-state index in [2.05, 4.69) is 15.6 Å². The predicted molar refractivity (Wildman–Crippen MR) is 169 cm³/mol. The molecule has 0 aliphatic rings. The van der Waals surface area contributed by atoms with Gasteiger partial charge >= 0.3 is 0 Å². The number of benzene rings is 3. The van der Waals surface area contributed by atoms with Crippen molar-refractivity contribution in [3.63, 3.8) is 0 Å². The molecule has 0 saturated heterocycles. The van der Waals surface area contributed by atoms with E-state index < -0.39 is 5.91 Å². The van der Waals surface area contributed by atoms with E-state index in [1.165, 1.54) is 18.0 Å². The molecule has 0 spiro atoms. The van der Waals surface area contributed by atoms with Crippen LogP contribution in [-0.4, -0.2) is 50.0 Å². The van der Waals surface area contributed by atoms with Crippen molar-refractivity contribution >= 4 is 63.6 Å². The molecule has 2 N–H and O–H groups in total. The fraction of sp³-hybridized carbons (Fsp3) is 0.188. The lowest BCUT2D eigenvalue weighted by Crippen LogP contribution is -2.37. The standard InChI is InChI=1S/C32H30Cl2N4O5/c1-20-7-11-22-5-4-6-27(32(22)37-20)43-18-24-25(33)14-15-26(31(24)34)38(3)30(41)17-36-28(39)16-10-21-8-12-23(13-9-21)42-19-29(40)35-2/h4-16H,17-19H2,1-3H3,(H,35,40)(H,36,39)/b16-10+. The third-order valence-corrected chi connectivity index (χ3v) is 7.24. The molecule has 0 unspecified atom stereocenters. The Hall–Kier alpha value is -4.60. The number of fused-ring (bicyclic) bond motifs is 1. The molecule has 3 amide bonds. The van der Waals surface area contributed by atoms with Crippen molar-refractivity contribution in [2.24, 2.45) is 0 Å². The Kier molecular flexibility index (Phi) is 10.6. The summed E-state index contributed by atoms with van der Waals surface area (Å²) in [4.78, 5) is 42.5. The summed E-state index contributed by atoms with van der Waals surface area (Å²) in [5, 5.41) is 6.66. The monoisotopic (exact) mass is 620 g/mol. The number of carbonyl (C=O) groups is 3. The van der Waals surface area contributed by atoms with Gasteiger partial charge in [0.05, 0.1) is 17.3 Å². The van der Waals surface area contributed by atoms with Crippen LogP contribution in [0.4, 0.5) is 5.69 Å². The molecule has 4 rings (SSSR count). The van der Waals surface area contributed by atoms with Crippen LogP contribution in [-0.2, 0) is 21.0 Å². The Labute approximate surface area is 259 Å². The Morgan fingerprint density at radius 2 is 1.74 bits per heavy atom. The van der Waals surface area contributed by atoms with Crippen LogP contribution in [0.3, 0.4) is 0 Å². The van der Waals surface area contributed by atoms with Gasteiger partial charge < -0.3 is 25.0 Å². The Balaban J connectivity index is 1.35. The van der Waals surface area contributed by atoms with E-state index in [0.29, 0.717) is 27.8 Å². The predicted octanol–water partition coefficient (Wildman–Crippen LogP) is 5.35. The van der Waals surface area contributed by atoms with Crippen LogP contribution in [0.25, 0.3) is 17.0 Å². The molecule has 0 aliphatic heterocycles. The van der Waals surface area contributed by atoms with Crippen molar-refractivity contribution < 1.29 is 23.9 Å². The average Bonchev–Trinajstić information content (AvgIpc) is 3.01. The summed E-state index contributed by atoms with van der Waals surface area (Å²) in [6.07, 6.45) is 2.92. The van der Waals surface area contributed by atoms with Gasteiger partial charge in [0.15, 0.2) is 6.61 Å². The number of nitrogens with one attached hydrogen (secondary N) is 2. The van der Waals surface area contributed by atoms with Crippen molar-refractivity contribution in [1.29, 1.82) is 0 Å². The number of aromatic nitrogens is 1. The van der Waals surface area contributed by atoms with Gasteiger partial charge in [-0.25, -0.2) is 4.98 Å². The van der Waals surface area contributed by atoms with E-state index in [0.717, 1.165) is 22.2 Å². The maximum Gasteiger partial charge on any atom is 0.257 e. The summed E-state index contributed by atoms with van der Waals surface area (Å²) in [5.41, 5.74) is 3.27. The maximum absolute atomic E-state index is 12.9. The second kappa shape index (κ2) is 14.5. The third-order valence-electron chi connectivity index (χ3n) is 6.47. The van der Waals surface area contributed by atoms with Gasteiger partial charge in [0.1, 0.15) is 23.6 Å². The lowest BCUT2D eigenvalue weighted by atomic mass is 10.1. The quantitative estimate of drug-likeness (QED) is 0.219. The third kappa shape index (κ3) is 8.24. The van der Waals surface area contributed by atoms with Gasteiger partial charge in [-0.1, -0.05) is 53.5 Å². The van der Waals surface area contributed by atoms with Crippen molar-refractivity contribution in [3.05, 3.63) is 99.7 Å². The summed E-state index contributed by atoms with van der Waals surface area (Å²) in [7, 11) is 3.10. The average molecular weight is 622 g/mol. The number of carbonyl (C=O) groups excluding carboxylic acids is 3. The van der Waals surface area contributed by atoms with Gasteiger partial charge in [-0.3, -0.25) is 14.4 Å². The first-order valence-electron chi connectivity index (χ1n) is 13.3. The van der Waals surface area contributed by atoms with E-state index in [1.54, 1.807) is 49.5 Å². The molecule has 0 radical (unpaired) electrons. The number of hydrogen-bond donors (Lipinski definition) is 2. The topological polar surface area (TPSA) is 110 Å². The molecular weight excluding hydrogens is 591 g/mol. The lowest BCUT2D eigenvalue weighted by molar-refractivity contribution is -0.122. The fourth-order valence-corrected chi connectivity index (χ4v) is 4.61. The SMILES string of the molecule is CNC(=O)COc1ccc(/C=C/C(=O)NCC(=O)N(C)c2ccc(Cl)c(COc3cccc4ccc(C)nc34)c2Cl)cc1. The van der Waals surface area contributed by atoms with Crippen LogP contribution in [0.15, 0.2) is 72.8 Å². The lowest BCUT2D eigenvalue weighted by Gasteiger charge is -2.21. The number of para-hydroxylation sites is 1. The number of ether oxygens (including phenoxy) is 2. The molecule has 0 aliphatic carbocycles. The molecule has 3 aromatic carbocycles. The van der Waals surface area contributed by atoms with Crippen molar-refractivity contribution in [1.82, 2.24) is 15.6 Å². The molecular formula is C32H30Cl2N4O5. The number of aryl methyl sites for hydroxylation is 1. The maximum atomic E-state index is 12.9. The van der Waals surface area contributed by atoms with Gasteiger partial charge in [0, 0.05) is 41.8 Å². The molecule has 1 heterocycles. The molecule has 0 fully saturated rings. The number of amides is 3. The minimum absolute atomic E-state index is 0.0605. The molecule has 0 bridgehead atoms. The highest BCUT2D eigenvalue weighted by molar-refractivity contribution is 6.38. The summed E-state index contributed by atoms with van der Waals surface area (Å²) < 4.78 is 11.4. The molecule has 0 saturated carbocycles. The highest BCUT2D eigenvalue weighted by Crippen LogP contribution is 2.35. The molecule has 4 aromatic rings. The van der Waals surface area contributed by atoms with Crippen molar-refractivity contribution in [3.8, 4) is 11.5 Å². The van der Waals surface area contributed by atoms with Gasteiger partial charge in [-0.2, -0.15) is 0 Å². The number of pyridine rings is 1. The normalized spacial score (nSPS) is 10.9. The Bertz CT molecular complexity index is 1670. The highest BCUT2D eigenvalue weighted by Gasteiger charge is 2.19. The van der Waals surface area contributed by atoms with Gasteiger partial charge in [-0.15, -0.1) is 0 Å². The fourth-order valence-electron chi connectivity index (χ4n) is 4.00. The summed E-state index contributed by atoms with van der Waals surface area (Å²) >= 11 is 13.2. The number of nitrogens with zero attached hydrogens (tertiary/aromatic N) is 2. The van der Waals surface area contributed by atoms with Gasteiger partial charge in [0.2, 0.25) is 11.8 Å². The zero-order valence-corrected chi connectivity index (χ0v) is 25.3. The largest absolute Gasteiger partial charge is 0.487 e. The molecule has 0 atom stereocenters. The van der Waals surface area contributed by atoms with Gasteiger partial charge in [0.25, 0.3) is 5.91 Å². The van der Waals surface area contributed by atoms with Crippen LogP contribution in [0, 0.1) is 6.92 Å². The summed E-state index contributed by atoms with van der Waals surface area (Å²) in [5.74, 6) is 0.0405. The van der Waals surface area contributed by atoms with Crippen molar-refractivity contribution in [2.45, 2.75) is 13.5 Å². The van der Waals surface area contributed by atoms with E-state index in [4.69, 9.17) is 32.7 Å². The number of hydrogen-bond acceptors (Lipinski definition) is 6. The van der Waals surface area contributed by atoms with Crippen LogP contribution < -0.4 is 25.0 Å². The summed E-state index contributed by atoms with van der Waals surface area (Å²) in [6.45, 7) is 1.63. The molecule has 1 aromatic heterocycles. The van der Waals surface area contributed by atoms with Crippen LogP contribution >= 0.6 is 23.2 Å². The number of likely N-dealkylation sites (N-methyl/N-ethyl adjacent to an activating group) is 2. The first-order chi connectivity index (χ1) is 20.7. The van der Waals surface area contributed by atoms with Crippen LogP contribution in [0.2, 0.25) is 10.0 Å². The van der Waals surface area contributed by atoms with Crippen LogP contribution in [0.5, 0.6) is 11.5 Å². The molecule has 11 heteroatoms. The van der Waals surface area contributed by atoms with Crippen LogP contribution in [0.1, 0.15) is 16.8 Å². The Morgan fingerprint density at radius 3 is 2.49 bits per heavy atom. The second-order valence-corrected chi connectivity index (χ2v) is 10.2. The Morgan fingerprint density at radius 1 is 0.977 bits per heavy atom. The van der Waals surface area contributed by atoms with E-state index >= 15 is 0 Å². The minimum Gasteiger partial charge on any atom is -0.487 e. The zero-order chi connectivity index (χ0) is 30.9. The molecule has 222 valence electrons. The second-order valence-electron chi connectivity index (χ2n) is 9.46. The zero-order valence-electron chi connectivity index (χ0n) is 23.8. The minimum atomic E-state index is -0.447. The first kappa shape index (κ1) is 31.3. The number of rotatable bonds is 11. The summed E-state index contributed by atoms with van der Waals surface area (Å²) in [6, 6.07) is 19.7. The smallest absolute Gasteiger partial charge is 0.257 e. The number of anilines is 1. The van der Waals surface area contributed by atoms with Gasteiger partial charge in [-0.05, 0) is 55.0 Å². The number of halogens is 2. The first-order valence-corrected chi connectivity index (χ1v) is 14.0. The van der Waals surface area contributed by atoms with Crippen molar-refractivity contribution in [2.75, 3.05) is 32.1 Å².